The van der Waals surface area contributed by atoms with E-state index in [1.807, 2.05) is 0 Å². The SMILES string of the molecule is Nc1ccc(OCC(=O)c2ccc3c(c2)OCO3)cc1. The lowest BCUT2D eigenvalue weighted by atomic mass is 10.1. The summed E-state index contributed by atoms with van der Waals surface area (Å²) in [6, 6.07) is 12.0. The lowest BCUT2D eigenvalue weighted by Crippen LogP contribution is -2.11. The summed E-state index contributed by atoms with van der Waals surface area (Å²) in [7, 11) is 0. The van der Waals surface area contributed by atoms with E-state index in [-0.39, 0.29) is 19.2 Å². The maximum Gasteiger partial charge on any atom is 0.231 e. The highest BCUT2D eigenvalue weighted by molar-refractivity contribution is 5.97. The fraction of sp³-hybridized carbons (Fsp3) is 0.133. The Morgan fingerprint density at radius 3 is 2.65 bits per heavy atom. The van der Waals surface area contributed by atoms with Crippen molar-refractivity contribution in [2.75, 3.05) is 19.1 Å². The fourth-order valence-electron chi connectivity index (χ4n) is 1.87. The monoisotopic (exact) mass is 271 g/mol. The first-order valence-corrected chi connectivity index (χ1v) is 6.13. The van der Waals surface area contributed by atoms with Crippen LogP contribution in [0.4, 0.5) is 5.69 Å². The molecule has 0 amide bonds. The van der Waals surface area contributed by atoms with Crippen molar-refractivity contribution in [3.05, 3.63) is 48.0 Å². The molecular formula is C15H13NO4. The van der Waals surface area contributed by atoms with Crippen molar-refractivity contribution in [1.82, 2.24) is 0 Å². The van der Waals surface area contributed by atoms with Crippen molar-refractivity contribution in [3.63, 3.8) is 0 Å². The van der Waals surface area contributed by atoms with Crippen LogP contribution in [0.5, 0.6) is 17.2 Å². The number of carbonyl (C=O) groups is 1. The van der Waals surface area contributed by atoms with Crippen molar-refractivity contribution in [2.24, 2.45) is 0 Å². The van der Waals surface area contributed by atoms with Crippen LogP contribution in [-0.4, -0.2) is 19.2 Å². The third-order valence-corrected chi connectivity index (χ3v) is 2.94. The molecule has 2 aromatic carbocycles. The summed E-state index contributed by atoms with van der Waals surface area (Å²) in [6.45, 7) is 0.151. The Hall–Kier alpha value is -2.69. The van der Waals surface area contributed by atoms with Crippen LogP contribution >= 0.6 is 0 Å². The van der Waals surface area contributed by atoms with Crippen LogP contribution < -0.4 is 19.9 Å². The van der Waals surface area contributed by atoms with Crippen molar-refractivity contribution >= 4 is 11.5 Å². The molecule has 0 radical (unpaired) electrons. The molecule has 0 fully saturated rings. The van der Waals surface area contributed by atoms with Gasteiger partial charge in [0.05, 0.1) is 0 Å². The van der Waals surface area contributed by atoms with E-state index in [4.69, 9.17) is 19.9 Å². The minimum atomic E-state index is -0.125. The molecule has 3 rings (SSSR count). The molecule has 5 heteroatoms. The Morgan fingerprint density at radius 1 is 1.10 bits per heavy atom. The number of ketones is 1. The van der Waals surface area contributed by atoms with Crippen LogP contribution in [0.1, 0.15) is 10.4 Å². The Morgan fingerprint density at radius 2 is 1.85 bits per heavy atom. The van der Waals surface area contributed by atoms with Crippen molar-refractivity contribution in [1.29, 1.82) is 0 Å². The summed E-state index contributed by atoms with van der Waals surface area (Å²) < 4.78 is 15.9. The fourth-order valence-corrected chi connectivity index (χ4v) is 1.87. The molecule has 0 saturated heterocycles. The molecule has 0 spiro atoms. The van der Waals surface area contributed by atoms with Gasteiger partial charge in [0.15, 0.2) is 23.9 Å². The van der Waals surface area contributed by atoms with Gasteiger partial charge in [0.1, 0.15) is 5.75 Å². The molecule has 20 heavy (non-hydrogen) atoms. The molecule has 0 bridgehead atoms. The number of ether oxygens (including phenoxy) is 3. The molecule has 1 aliphatic heterocycles. The number of hydrogen-bond acceptors (Lipinski definition) is 5. The van der Waals surface area contributed by atoms with E-state index in [9.17, 15) is 4.79 Å². The van der Waals surface area contributed by atoms with Crippen molar-refractivity contribution < 1.29 is 19.0 Å². The van der Waals surface area contributed by atoms with Gasteiger partial charge in [-0.15, -0.1) is 0 Å². The van der Waals surface area contributed by atoms with Crippen LogP contribution in [0.2, 0.25) is 0 Å². The molecule has 2 aromatic rings. The number of benzene rings is 2. The highest BCUT2D eigenvalue weighted by Gasteiger charge is 2.16. The maximum atomic E-state index is 12.0. The first kappa shape index (κ1) is 12.3. The number of nitrogens with two attached hydrogens (primary N) is 1. The average molecular weight is 271 g/mol. The lowest BCUT2D eigenvalue weighted by molar-refractivity contribution is 0.0921. The summed E-state index contributed by atoms with van der Waals surface area (Å²) in [5, 5.41) is 0. The van der Waals surface area contributed by atoms with Crippen LogP contribution in [0, 0.1) is 0 Å². The molecule has 0 aromatic heterocycles. The van der Waals surface area contributed by atoms with Gasteiger partial charge in [-0.25, -0.2) is 0 Å². The molecular weight excluding hydrogens is 258 g/mol. The minimum absolute atomic E-state index is 0.0381. The van der Waals surface area contributed by atoms with Gasteiger partial charge in [-0.2, -0.15) is 0 Å². The second kappa shape index (κ2) is 5.13. The summed E-state index contributed by atoms with van der Waals surface area (Å²) in [5.74, 6) is 1.72. The number of Topliss-reactive ketones (excluding diaryl/α,β-unsaturated/α-hetero) is 1. The van der Waals surface area contributed by atoms with Crippen LogP contribution in [-0.2, 0) is 0 Å². The van der Waals surface area contributed by atoms with Gasteiger partial charge < -0.3 is 19.9 Å². The maximum absolute atomic E-state index is 12.0. The van der Waals surface area contributed by atoms with Crippen molar-refractivity contribution in [2.45, 2.75) is 0 Å². The topological polar surface area (TPSA) is 70.8 Å². The van der Waals surface area contributed by atoms with Gasteiger partial charge in [-0.05, 0) is 42.5 Å². The van der Waals surface area contributed by atoms with E-state index in [2.05, 4.69) is 0 Å². The standard InChI is InChI=1S/C15H13NO4/c16-11-2-4-12(5-3-11)18-8-13(17)10-1-6-14-15(7-10)20-9-19-14/h1-7H,8-9,16H2. The van der Waals surface area contributed by atoms with Crippen LogP contribution in [0.25, 0.3) is 0 Å². The number of fused-ring (bicyclic) bond motifs is 1. The predicted molar refractivity (Wildman–Crippen MR) is 73.2 cm³/mol. The van der Waals surface area contributed by atoms with Crippen molar-refractivity contribution in [3.8, 4) is 17.2 Å². The molecule has 2 N–H and O–H groups in total. The Bertz CT molecular complexity index is 637. The third kappa shape index (κ3) is 2.51. The van der Waals surface area contributed by atoms with Gasteiger partial charge >= 0.3 is 0 Å². The molecule has 102 valence electrons. The predicted octanol–water partition coefficient (Wildman–Crippen LogP) is 2.26. The number of rotatable bonds is 4. The number of carbonyl (C=O) groups excluding carboxylic acids is 1. The van der Waals surface area contributed by atoms with E-state index in [1.54, 1.807) is 42.5 Å². The number of nitrogen functional groups attached to an aromatic ring is 1. The molecule has 5 nitrogen and oxygen atoms in total. The molecule has 0 aliphatic carbocycles. The molecule has 0 atom stereocenters. The first-order valence-electron chi connectivity index (χ1n) is 6.13. The summed E-state index contributed by atoms with van der Waals surface area (Å²) >= 11 is 0. The van der Waals surface area contributed by atoms with E-state index in [1.165, 1.54) is 0 Å². The van der Waals surface area contributed by atoms with E-state index in [0.29, 0.717) is 28.5 Å². The van der Waals surface area contributed by atoms with Gasteiger partial charge in [0.25, 0.3) is 0 Å². The normalized spacial score (nSPS) is 12.2. The Labute approximate surface area is 115 Å². The van der Waals surface area contributed by atoms with Crippen LogP contribution in [0.3, 0.4) is 0 Å². The van der Waals surface area contributed by atoms with E-state index >= 15 is 0 Å². The van der Waals surface area contributed by atoms with Crippen LogP contribution in [0.15, 0.2) is 42.5 Å². The Balaban J connectivity index is 1.66. The van der Waals surface area contributed by atoms with Gasteiger partial charge in [0, 0.05) is 11.3 Å². The molecule has 0 saturated carbocycles. The third-order valence-electron chi connectivity index (χ3n) is 2.94. The minimum Gasteiger partial charge on any atom is -0.485 e. The molecule has 0 unspecified atom stereocenters. The smallest absolute Gasteiger partial charge is 0.231 e. The zero-order valence-corrected chi connectivity index (χ0v) is 10.7. The average Bonchev–Trinajstić information content (AvgIpc) is 2.93. The summed E-state index contributed by atoms with van der Waals surface area (Å²) in [5.41, 5.74) is 6.76. The second-order valence-corrected chi connectivity index (χ2v) is 4.35. The highest BCUT2D eigenvalue weighted by atomic mass is 16.7. The van der Waals surface area contributed by atoms with E-state index < -0.39 is 0 Å². The largest absolute Gasteiger partial charge is 0.485 e. The summed E-state index contributed by atoms with van der Waals surface area (Å²) in [6.07, 6.45) is 0. The first-order chi connectivity index (χ1) is 9.72. The highest BCUT2D eigenvalue weighted by Crippen LogP contribution is 2.32. The second-order valence-electron chi connectivity index (χ2n) is 4.35. The van der Waals surface area contributed by atoms with Gasteiger partial charge in [-0.1, -0.05) is 0 Å². The Kier molecular flexibility index (Phi) is 3.16. The lowest BCUT2D eigenvalue weighted by Gasteiger charge is -2.06. The van der Waals surface area contributed by atoms with E-state index in [0.717, 1.165) is 0 Å². The molecule has 1 aliphatic rings. The van der Waals surface area contributed by atoms with Gasteiger partial charge in [0.2, 0.25) is 6.79 Å². The quantitative estimate of drug-likeness (QED) is 0.682. The zero-order valence-electron chi connectivity index (χ0n) is 10.7. The summed E-state index contributed by atoms with van der Waals surface area (Å²) in [4.78, 5) is 12.0. The zero-order chi connectivity index (χ0) is 13.9. The van der Waals surface area contributed by atoms with Gasteiger partial charge in [-0.3, -0.25) is 4.79 Å². The number of anilines is 1. The number of hydrogen-bond donors (Lipinski definition) is 1. The molecule has 1 heterocycles.